The van der Waals surface area contributed by atoms with Gasteiger partial charge in [0.15, 0.2) is 0 Å². The highest BCUT2D eigenvalue weighted by Crippen LogP contribution is 2.34. The molecule has 1 saturated heterocycles. The van der Waals surface area contributed by atoms with E-state index in [4.69, 9.17) is 16.3 Å². The van der Waals surface area contributed by atoms with E-state index in [1.165, 1.54) is 6.07 Å². The summed E-state index contributed by atoms with van der Waals surface area (Å²) in [4.78, 5) is 0. The molecule has 1 aromatic rings. The fraction of sp³-hybridized carbons (Fsp3) is 0.538. The van der Waals surface area contributed by atoms with Gasteiger partial charge in [0.25, 0.3) is 0 Å². The normalized spacial score (nSPS) is 21.9. The van der Waals surface area contributed by atoms with E-state index < -0.39 is 0 Å². The highest BCUT2D eigenvalue weighted by molar-refractivity contribution is 9.10. The first-order valence-electron chi connectivity index (χ1n) is 6.03. The van der Waals surface area contributed by atoms with Gasteiger partial charge in [-0.15, -0.1) is 0 Å². The summed E-state index contributed by atoms with van der Waals surface area (Å²) in [6, 6.07) is 3.05. The van der Waals surface area contributed by atoms with Crippen molar-refractivity contribution in [2.45, 2.75) is 18.9 Å². The van der Waals surface area contributed by atoms with Gasteiger partial charge in [0, 0.05) is 28.6 Å². The van der Waals surface area contributed by atoms with Crippen molar-refractivity contribution in [3.05, 3.63) is 33.0 Å². The molecule has 2 nitrogen and oxygen atoms in total. The van der Waals surface area contributed by atoms with Gasteiger partial charge in [0.05, 0.1) is 11.6 Å². The summed E-state index contributed by atoms with van der Waals surface area (Å²) >= 11 is 9.28. The Hall–Kier alpha value is -0.160. The molecule has 18 heavy (non-hydrogen) atoms. The van der Waals surface area contributed by atoms with E-state index >= 15 is 0 Å². The van der Waals surface area contributed by atoms with E-state index in [9.17, 15) is 4.39 Å². The minimum absolute atomic E-state index is 0.0594. The third-order valence-electron chi connectivity index (χ3n) is 3.35. The number of nitrogens with one attached hydrogen (secondary N) is 1. The van der Waals surface area contributed by atoms with Gasteiger partial charge in [-0.2, -0.15) is 0 Å². The number of hydrogen-bond donors (Lipinski definition) is 1. The Morgan fingerprint density at radius 1 is 1.56 bits per heavy atom. The molecule has 2 atom stereocenters. The lowest BCUT2D eigenvalue weighted by molar-refractivity contribution is 0.0397. The van der Waals surface area contributed by atoms with Crippen LogP contribution in [0.5, 0.6) is 0 Å². The van der Waals surface area contributed by atoms with Crippen LogP contribution in [0.15, 0.2) is 16.6 Å². The second kappa shape index (κ2) is 6.33. The first-order chi connectivity index (χ1) is 8.63. The van der Waals surface area contributed by atoms with Crippen molar-refractivity contribution in [1.82, 2.24) is 5.32 Å². The standard InChI is InChI=1S/C13H16BrClFNO/c1-17-13(8-3-2-4-18-7-8)9-5-11(15)10(14)6-12(9)16/h5-6,8,13,17H,2-4,7H2,1H3. The molecule has 1 aliphatic heterocycles. The van der Waals surface area contributed by atoms with Crippen LogP contribution >= 0.6 is 27.5 Å². The molecule has 1 aliphatic rings. The number of hydrogen-bond acceptors (Lipinski definition) is 2. The number of ether oxygens (including phenoxy) is 1. The van der Waals surface area contributed by atoms with E-state index in [1.54, 1.807) is 6.07 Å². The fourth-order valence-corrected chi connectivity index (χ4v) is 2.94. The smallest absolute Gasteiger partial charge is 0.129 e. The molecule has 2 unspecified atom stereocenters. The maximum Gasteiger partial charge on any atom is 0.129 e. The summed E-state index contributed by atoms with van der Waals surface area (Å²) in [5.41, 5.74) is 0.612. The molecular formula is C13H16BrClFNO. The van der Waals surface area contributed by atoms with Crippen LogP contribution in [0.25, 0.3) is 0 Å². The number of halogens is 3. The zero-order valence-corrected chi connectivity index (χ0v) is 12.5. The largest absolute Gasteiger partial charge is 0.381 e. The van der Waals surface area contributed by atoms with Crippen molar-refractivity contribution in [3.63, 3.8) is 0 Å². The van der Waals surface area contributed by atoms with Crippen molar-refractivity contribution in [1.29, 1.82) is 0 Å². The molecule has 0 aliphatic carbocycles. The fourth-order valence-electron chi connectivity index (χ4n) is 2.45. The molecule has 0 bridgehead atoms. The minimum Gasteiger partial charge on any atom is -0.381 e. The van der Waals surface area contributed by atoms with Gasteiger partial charge in [-0.1, -0.05) is 11.6 Å². The molecule has 0 aromatic heterocycles. The van der Waals surface area contributed by atoms with Crippen LogP contribution in [-0.4, -0.2) is 20.3 Å². The SMILES string of the molecule is CNC(c1cc(Cl)c(Br)cc1F)C1CCCOC1. The number of benzene rings is 1. The average molecular weight is 337 g/mol. The molecule has 1 fully saturated rings. The molecule has 1 N–H and O–H groups in total. The molecule has 0 radical (unpaired) electrons. The summed E-state index contributed by atoms with van der Waals surface area (Å²) in [7, 11) is 1.84. The Morgan fingerprint density at radius 3 is 2.94 bits per heavy atom. The van der Waals surface area contributed by atoms with Crippen molar-refractivity contribution < 1.29 is 9.13 Å². The third-order valence-corrected chi connectivity index (χ3v) is 4.55. The van der Waals surface area contributed by atoms with Gasteiger partial charge in [-0.3, -0.25) is 0 Å². The lowest BCUT2D eigenvalue weighted by atomic mass is 9.88. The summed E-state index contributed by atoms with van der Waals surface area (Å²) in [6.07, 6.45) is 2.06. The van der Waals surface area contributed by atoms with Gasteiger partial charge >= 0.3 is 0 Å². The van der Waals surface area contributed by atoms with Crippen LogP contribution in [-0.2, 0) is 4.74 Å². The van der Waals surface area contributed by atoms with E-state index in [2.05, 4.69) is 21.2 Å². The van der Waals surface area contributed by atoms with Gasteiger partial charge in [0.1, 0.15) is 5.82 Å². The van der Waals surface area contributed by atoms with Crippen LogP contribution < -0.4 is 5.32 Å². The molecule has 0 saturated carbocycles. The molecule has 1 heterocycles. The lowest BCUT2D eigenvalue weighted by Crippen LogP contribution is -2.32. The summed E-state index contributed by atoms with van der Waals surface area (Å²) in [5.74, 6) is 0.0479. The Kier molecular flexibility index (Phi) is 5.01. The molecule has 1 aromatic carbocycles. The predicted molar refractivity (Wildman–Crippen MR) is 74.5 cm³/mol. The van der Waals surface area contributed by atoms with E-state index in [-0.39, 0.29) is 17.8 Å². The average Bonchev–Trinajstić information content (AvgIpc) is 2.38. The van der Waals surface area contributed by atoms with Crippen LogP contribution in [0.2, 0.25) is 5.02 Å². The Morgan fingerprint density at radius 2 is 2.33 bits per heavy atom. The van der Waals surface area contributed by atoms with E-state index in [1.807, 2.05) is 7.05 Å². The van der Waals surface area contributed by atoms with Crippen molar-refractivity contribution in [2.75, 3.05) is 20.3 Å². The first kappa shape index (κ1) is 14.3. The van der Waals surface area contributed by atoms with Crippen LogP contribution in [0.4, 0.5) is 4.39 Å². The topological polar surface area (TPSA) is 21.3 Å². The van der Waals surface area contributed by atoms with Crippen LogP contribution in [0, 0.1) is 11.7 Å². The van der Waals surface area contributed by atoms with Crippen molar-refractivity contribution in [2.24, 2.45) is 5.92 Å². The molecular weight excluding hydrogens is 321 g/mol. The molecule has 0 amide bonds. The number of rotatable bonds is 3. The van der Waals surface area contributed by atoms with Crippen LogP contribution in [0.3, 0.4) is 0 Å². The maximum atomic E-state index is 14.1. The van der Waals surface area contributed by atoms with Crippen LogP contribution in [0.1, 0.15) is 24.4 Å². The molecule has 2 rings (SSSR count). The first-order valence-corrected chi connectivity index (χ1v) is 7.20. The van der Waals surface area contributed by atoms with Gasteiger partial charge in [-0.05, 0) is 48.0 Å². The summed E-state index contributed by atoms with van der Waals surface area (Å²) in [5, 5.41) is 3.71. The van der Waals surface area contributed by atoms with E-state index in [0.717, 1.165) is 19.4 Å². The lowest BCUT2D eigenvalue weighted by Gasteiger charge is -2.30. The molecule has 5 heteroatoms. The Labute approximate surface area is 120 Å². The zero-order chi connectivity index (χ0) is 13.1. The van der Waals surface area contributed by atoms with Crippen molar-refractivity contribution >= 4 is 27.5 Å². The molecule has 0 spiro atoms. The maximum absolute atomic E-state index is 14.1. The van der Waals surface area contributed by atoms with Gasteiger partial charge < -0.3 is 10.1 Å². The second-order valence-electron chi connectivity index (χ2n) is 4.53. The Balaban J connectivity index is 2.28. The van der Waals surface area contributed by atoms with Crippen molar-refractivity contribution in [3.8, 4) is 0 Å². The summed E-state index contributed by atoms with van der Waals surface area (Å²) < 4.78 is 20.1. The van der Waals surface area contributed by atoms with Gasteiger partial charge in [-0.25, -0.2) is 4.39 Å². The zero-order valence-electron chi connectivity index (χ0n) is 10.2. The minimum atomic E-state index is -0.240. The second-order valence-corrected chi connectivity index (χ2v) is 5.79. The predicted octanol–water partition coefficient (Wildman–Crippen LogP) is 3.93. The highest BCUT2D eigenvalue weighted by atomic mass is 79.9. The molecule has 100 valence electrons. The third kappa shape index (κ3) is 3.05. The van der Waals surface area contributed by atoms with Gasteiger partial charge in [0.2, 0.25) is 0 Å². The Bertz CT molecular complexity index is 424. The summed E-state index contributed by atoms with van der Waals surface area (Å²) in [6.45, 7) is 1.47. The quantitative estimate of drug-likeness (QED) is 0.845. The highest BCUT2D eigenvalue weighted by Gasteiger charge is 2.27. The monoisotopic (exact) mass is 335 g/mol. The van der Waals surface area contributed by atoms with E-state index in [0.29, 0.717) is 21.7 Å².